The Labute approximate surface area is 313 Å². The third-order valence-corrected chi connectivity index (χ3v) is 10.9. The van der Waals surface area contributed by atoms with Crippen molar-refractivity contribution in [3.05, 3.63) is 217 Å². The number of hydrogen-bond donors (Lipinski definition) is 0. The SMILES string of the molecule is CC1(C)C2=C(CC=CC=C2)c2ccc(-c3cccc(-c4cccc(N(c5cccc(-c6ccccc6)c5)c5ccccc5-c5ccccc5)c4)c3)cc21. The summed E-state index contributed by atoms with van der Waals surface area (Å²) < 4.78 is 0. The maximum absolute atomic E-state index is 2.43. The lowest BCUT2D eigenvalue weighted by Crippen LogP contribution is -2.16. The monoisotopic (exact) mass is 679 g/mol. The summed E-state index contributed by atoms with van der Waals surface area (Å²) in [6, 6.07) is 64.1. The summed E-state index contributed by atoms with van der Waals surface area (Å²) in [5, 5.41) is 0. The van der Waals surface area contributed by atoms with Gasteiger partial charge in [-0.1, -0.05) is 172 Å². The minimum absolute atomic E-state index is 0.0353. The molecule has 2 aliphatic carbocycles. The van der Waals surface area contributed by atoms with Crippen molar-refractivity contribution in [2.45, 2.75) is 25.7 Å². The molecule has 2 aliphatic rings. The van der Waals surface area contributed by atoms with Crippen LogP contribution in [0.2, 0.25) is 0 Å². The highest BCUT2D eigenvalue weighted by Crippen LogP contribution is 2.50. The van der Waals surface area contributed by atoms with Crippen LogP contribution in [0.1, 0.15) is 31.4 Å². The van der Waals surface area contributed by atoms with Crippen molar-refractivity contribution in [1.82, 2.24) is 0 Å². The number of rotatable bonds is 7. The molecule has 0 amide bonds. The molecule has 0 heterocycles. The van der Waals surface area contributed by atoms with E-state index in [1.807, 2.05) is 0 Å². The Balaban J connectivity index is 1.13. The van der Waals surface area contributed by atoms with Crippen LogP contribution < -0.4 is 4.90 Å². The third-order valence-electron chi connectivity index (χ3n) is 10.9. The number of nitrogens with zero attached hydrogens (tertiary/aromatic N) is 1. The topological polar surface area (TPSA) is 3.24 Å². The summed E-state index contributed by atoms with van der Waals surface area (Å²) in [7, 11) is 0. The van der Waals surface area contributed by atoms with Gasteiger partial charge in [0.15, 0.2) is 0 Å². The van der Waals surface area contributed by atoms with Gasteiger partial charge in [0.1, 0.15) is 0 Å². The van der Waals surface area contributed by atoms with E-state index in [0.29, 0.717) is 0 Å². The maximum Gasteiger partial charge on any atom is 0.0540 e. The summed E-state index contributed by atoms with van der Waals surface area (Å²) in [4.78, 5) is 2.41. The molecule has 1 heteroatoms. The first-order chi connectivity index (χ1) is 26.0. The fourth-order valence-corrected chi connectivity index (χ4v) is 8.23. The number of para-hydroxylation sites is 1. The molecule has 0 saturated heterocycles. The summed E-state index contributed by atoms with van der Waals surface area (Å²) in [6.07, 6.45) is 9.93. The molecule has 7 aromatic carbocycles. The van der Waals surface area contributed by atoms with Gasteiger partial charge in [0.25, 0.3) is 0 Å². The Morgan fingerprint density at radius 1 is 0.434 bits per heavy atom. The first kappa shape index (κ1) is 32.5. The lowest BCUT2D eigenvalue weighted by atomic mass is 9.80. The zero-order valence-corrected chi connectivity index (χ0v) is 30.2. The van der Waals surface area contributed by atoms with Crippen molar-refractivity contribution in [1.29, 1.82) is 0 Å². The molecule has 254 valence electrons. The average Bonchev–Trinajstić information content (AvgIpc) is 3.36. The minimum Gasteiger partial charge on any atom is -0.310 e. The Morgan fingerprint density at radius 3 is 1.68 bits per heavy atom. The first-order valence-corrected chi connectivity index (χ1v) is 18.6. The molecule has 0 N–H and O–H groups in total. The van der Waals surface area contributed by atoms with E-state index >= 15 is 0 Å². The molecular formula is C52H41N. The molecular weight excluding hydrogens is 639 g/mol. The van der Waals surface area contributed by atoms with Gasteiger partial charge in [0, 0.05) is 22.4 Å². The van der Waals surface area contributed by atoms with Crippen LogP contribution in [0.5, 0.6) is 0 Å². The highest BCUT2D eigenvalue weighted by atomic mass is 15.1. The lowest BCUT2D eigenvalue weighted by Gasteiger charge is -2.29. The van der Waals surface area contributed by atoms with Crippen LogP contribution in [-0.2, 0) is 5.41 Å². The third kappa shape index (κ3) is 6.05. The Morgan fingerprint density at radius 2 is 0.981 bits per heavy atom. The van der Waals surface area contributed by atoms with Gasteiger partial charge >= 0.3 is 0 Å². The van der Waals surface area contributed by atoms with E-state index < -0.39 is 0 Å². The van der Waals surface area contributed by atoms with Crippen molar-refractivity contribution in [3.8, 4) is 44.5 Å². The number of anilines is 3. The van der Waals surface area contributed by atoms with E-state index in [-0.39, 0.29) is 5.41 Å². The number of fused-ring (bicyclic) bond motifs is 2. The average molecular weight is 680 g/mol. The zero-order chi connectivity index (χ0) is 35.8. The zero-order valence-electron chi connectivity index (χ0n) is 30.2. The van der Waals surface area contributed by atoms with Gasteiger partial charge in [0.2, 0.25) is 0 Å². The molecule has 0 aromatic heterocycles. The van der Waals surface area contributed by atoms with Crippen molar-refractivity contribution >= 4 is 22.6 Å². The minimum atomic E-state index is -0.0353. The van der Waals surface area contributed by atoms with Gasteiger partial charge in [-0.05, 0) is 110 Å². The van der Waals surface area contributed by atoms with Gasteiger partial charge in [-0.25, -0.2) is 0 Å². The Hall–Kier alpha value is -6.44. The van der Waals surface area contributed by atoms with Crippen LogP contribution in [0.4, 0.5) is 17.1 Å². The predicted molar refractivity (Wildman–Crippen MR) is 226 cm³/mol. The van der Waals surface area contributed by atoms with Crippen LogP contribution in [0.3, 0.4) is 0 Å². The standard InChI is InChI=1S/C52H41N/c1-52(2)49-29-11-5-10-28-47(49)48-32-31-43(36-50(48)52)40-22-14-21-39(33-40)42-24-16-26-45(35-42)53(44-25-15-23-41(34-44)37-17-6-3-7-18-37)51-30-13-12-27-46(51)38-19-8-4-9-20-38/h3-27,29-36H,28H2,1-2H3. The van der Waals surface area contributed by atoms with Crippen molar-refractivity contribution < 1.29 is 0 Å². The first-order valence-electron chi connectivity index (χ1n) is 18.6. The summed E-state index contributed by atoms with van der Waals surface area (Å²) >= 11 is 0. The van der Waals surface area contributed by atoms with Crippen LogP contribution in [0.25, 0.3) is 50.1 Å². The fourth-order valence-electron chi connectivity index (χ4n) is 8.23. The van der Waals surface area contributed by atoms with Gasteiger partial charge in [0.05, 0.1) is 5.69 Å². The highest BCUT2D eigenvalue weighted by molar-refractivity contribution is 5.91. The van der Waals surface area contributed by atoms with Gasteiger partial charge in [-0.2, -0.15) is 0 Å². The quantitative estimate of drug-likeness (QED) is 0.162. The van der Waals surface area contributed by atoms with E-state index in [1.54, 1.807) is 0 Å². The molecule has 0 spiro atoms. The molecule has 0 atom stereocenters. The second kappa shape index (κ2) is 13.6. The van der Waals surface area contributed by atoms with E-state index in [2.05, 4.69) is 219 Å². The molecule has 0 radical (unpaired) electrons. The molecule has 0 aliphatic heterocycles. The Kier molecular flexibility index (Phi) is 8.33. The summed E-state index contributed by atoms with van der Waals surface area (Å²) in [6.45, 7) is 4.74. The molecule has 0 saturated carbocycles. The summed E-state index contributed by atoms with van der Waals surface area (Å²) in [5.41, 5.74) is 18.6. The molecule has 0 fully saturated rings. The lowest BCUT2D eigenvalue weighted by molar-refractivity contribution is 0.654. The van der Waals surface area contributed by atoms with Crippen LogP contribution in [0.15, 0.2) is 206 Å². The maximum atomic E-state index is 2.43. The fraction of sp³-hybridized carbons (Fsp3) is 0.0769. The van der Waals surface area contributed by atoms with Crippen molar-refractivity contribution in [3.63, 3.8) is 0 Å². The number of allylic oxidation sites excluding steroid dienone is 6. The van der Waals surface area contributed by atoms with Crippen LogP contribution in [-0.4, -0.2) is 0 Å². The molecule has 0 bridgehead atoms. The number of hydrogen-bond acceptors (Lipinski definition) is 1. The largest absolute Gasteiger partial charge is 0.310 e. The van der Waals surface area contributed by atoms with E-state index in [1.165, 1.54) is 66.8 Å². The van der Waals surface area contributed by atoms with E-state index in [4.69, 9.17) is 0 Å². The molecule has 9 rings (SSSR count). The molecule has 7 aromatic rings. The van der Waals surface area contributed by atoms with E-state index in [9.17, 15) is 0 Å². The molecule has 0 unspecified atom stereocenters. The second-order valence-corrected chi connectivity index (χ2v) is 14.5. The van der Waals surface area contributed by atoms with Crippen molar-refractivity contribution in [2.75, 3.05) is 4.90 Å². The van der Waals surface area contributed by atoms with Gasteiger partial charge in [-0.15, -0.1) is 0 Å². The second-order valence-electron chi connectivity index (χ2n) is 14.5. The predicted octanol–water partition coefficient (Wildman–Crippen LogP) is 14.4. The molecule has 1 nitrogen and oxygen atoms in total. The Bertz CT molecular complexity index is 2550. The normalized spacial score (nSPS) is 14.1. The van der Waals surface area contributed by atoms with Crippen LogP contribution in [0, 0.1) is 0 Å². The highest BCUT2D eigenvalue weighted by Gasteiger charge is 2.36. The number of benzene rings is 7. The van der Waals surface area contributed by atoms with E-state index in [0.717, 1.165) is 23.5 Å². The van der Waals surface area contributed by atoms with Gasteiger partial charge in [-0.3, -0.25) is 0 Å². The smallest absolute Gasteiger partial charge is 0.0540 e. The van der Waals surface area contributed by atoms with Crippen molar-refractivity contribution in [2.24, 2.45) is 0 Å². The van der Waals surface area contributed by atoms with Crippen LogP contribution >= 0.6 is 0 Å². The molecule has 53 heavy (non-hydrogen) atoms. The summed E-state index contributed by atoms with van der Waals surface area (Å²) in [5.74, 6) is 0. The van der Waals surface area contributed by atoms with Gasteiger partial charge < -0.3 is 4.90 Å².